The van der Waals surface area contributed by atoms with Gasteiger partial charge in [0, 0.05) is 38.0 Å². The van der Waals surface area contributed by atoms with Gasteiger partial charge in [-0.1, -0.05) is 114 Å². The fraction of sp³-hybridized carbons (Fsp3) is 0.250. The molecule has 0 unspecified atom stereocenters. The Labute approximate surface area is 256 Å². The summed E-state index contributed by atoms with van der Waals surface area (Å²) in [5.41, 5.74) is 3.10. The van der Waals surface area contributed by atoms with Crippen LogP contribution in [0.3, 0.4) is 0 Å². The van der Waals surface area contributed by atoms with Gasteiger partial charge in [-0.3, -0.25) is 4.79 Å². The minimum atomic E-state index is -0.912. The molecule has 0 spiro atoms. The molecule has 0 atom stereocenters. The van der Waals surface area contributed by atoms with Crippen molar-refractivity contribution in [2.24, 2.45) is 10.8 Å². The van der Waals surface area contributed by atoms with E-state index in [1.54, 1.807) is 0 Å². The standard InChI is InChI=1S/C25H20P.C11H20O2.Pt/c1-4-12-21(13-5-1)25-19-11-10-14-22(25)20-26(23-15-6-2-7-16-23)24-17-8-3-9-18-24;1-10(2,3)8(12)7-9(13)11(4,5)6;/h1-13,15-19H,20H2;7,12H,1-6H3;/q-1;;/p+1/b;8-7-;. The Bertz CT molecular complexity index is 1310. The molecule has 0 saturated heterocycles. The number of ketones is 1. The van der Waals surface area contributed by atoms with Crippen LogP contribution in [-0.2, 0) is 32.0 Å². The van der Waals surface area contributed by atoms with Crippen molar-refractivity contribution in [3.05, 3.63) is 133 Å². The molecule has 0 aliphatic carbocycles. The van der Waals surface area contributed by atoms with Gasteiger partial charge in [0.15, 0.2) is 5.78 Å². The Balaban J connectivity index is 0.000000344. The summed E-state index contributed by atoms with van der Waals surface area (Å²) in [4.78, 5) is 11.5. The number of carbonyl (C=O) groups is 1. The van der Waals surface area contributed by atoms with E-state index in [4.69, 9.17) is 0 Å². The van der Waals surface area contributed by atoms with Crippen LogP contribution in [0.2, 0.25) is 0 Å². The zero-order chi connectivity index (χ0) is 28.5. The molecular weight excluding hydrogens is 690 g/mol. The monoisotopic (exact) mass is 731 g/mol. The molecule has 4 rings (SSSR count). The number of aliphatic hydroxyl groups excluding tert-OH is 1. The molecule has 1 N–H and O–H groups in total. The SMILES string of the molecule is CC(C)(C)C(=O)/C=C(\O)C(C)(C)C.[Pt].[c-]1cccc(-c2ccccc2)c1C[PH+](c1ccccc1)c1ccccc1. The molecule has 0 amide bonds. The summed E-state index contributed by atoms with van der Waals surface area (Å²) in [5, 5.41) is 12.4. The predicted molar refractivity (Wildman–Crippen MR) is 170 cm³/mol. The molecule has 4 aromatic carbocycles. The van der Waals surface area contributed by atoms with E-state index in [0.717, 1.165) is 6.16 Å². The first-order chi connectivity index (χ1) is 18.5. The number of hydrogen-bond acceptors (Lipinski definition) is 2. The predicted octanol–water partition coefficient (Wildman–Crippen LogP) is 8.61. The Hall–Kier alpha value is -2.79. The van der Waals surface area contributed by atoms with Crippen LogP contribution >= 0.6 is 7.92 Å². The number of rotatable bonds is 6. The molecule has 0 aliphatic heterocycles. The van der Waals surface area contributed by atoms with E-state index in [1.807, 2.05) is 47.6 Å². The van der Waals surface area contributed by atoms with Crippen LogP contribution in [0.5, 0.6) is 0 Å². The van der Waals surface area contributed by atoms with Crippen molar-refractivity contribution in [3.8, 4) is 11.1 Å². The van der Waals surface area contributed by atoms with Crippen LogP contribution in [0.15, 0.2) is 121 Å². The number of hydrogen-bond donors (Lipinski definition) is 1. The van der Waals surface area contributed by atoms with E-state index < -0.39 is 13.3 Å². The second kappa shape index (κ2) is 15.3. The van der Waals surface area contributed by atoms with Crippen molar-refractivity contribution in [1.29, 1.82) is 0 Å². The van der Waals surface area contributed by atoms with E-state index in [9.17, 15) is 9.90 Å². The Morgan fingerprint density at radius 1 is 0.725 bits per heavy atom. The topological polar surface area (TPSA) is 37.3 Å². The second-order valence-corrected chi connectivity index (χ2v) is 14.2. The van der Waals surface area contributed by atoms with Gasteiger partial charge in [0.05, 0.1) is 24.7 Å². The third kappa shape index (κ3) is 9.99. The minimum Gasteiger partial charge on any atom is -0.512 e. The Morgan fingerprint density at radius 3 is 1.65 bits per heavy atom. The number of carbonyl (C=O) groups excluding carboxylic acids is 1. The first-order valence-electron chi connectivity index (χ1n) is 13.4. The average molecular weight is 732 g/mol. The normalized spacial score (nSPS) is 11.7. The maximum absolute atomic E-state index is 11.5. The van der Waals surface area contributed by atoms with Gasteiger partial charge in [-0.15, -0.1) is 11.1 Å². The molecule has 4 aromatic rings. The van der Waals surface area contributed by atoms with Gasteiger partial charge in [0.1, 0.15) is 5.76 Å². The molecule has 4 heteroatoms. The second-order valence-electron chi connectivity index (χ2n) is 11.7. The number of aliphatic hydroxyl groups is 1. The zero-order valence-corrected chi connectivity index (χ0v) is 27.6. The van der Waals surface area contributed by atoms with Crippen molar-refractivity contribution < 1.29 is 31.0 Å². The fourth-order valence-electron chi connectivity index (χ4n) is 3.89. The van der Waals surface area contributed by atoms with Gasteiger partial charge in [-0.05, 0) is 24.3 Å². The summed E-state index contributed by atoms with van der Waals surface area (Å²) in [6.45, 7) is 11.1. The molecule has 212 valence electrons. The maximum Gasteiger partial charge on any atom is 0.164 e. The van der Waals surface area contributed by atoms with Crippen LogP contribution in [0.1, 0.15) is 47.1 Å². The molecule has 0 heterocycles. The summed E-state index contributed by atoms with van der Waals surface area (Å²) < 4.78 is 0. The molecule has 0 radical (unpaired) electrons. The zero-order valence-electron chi connectivity index (χ0n) is 24.3. The van der Waals surface area contributed by atoms with Gasteiger partial charge < -0.3 is 5.11 Å². The Morgan fingerprint density at radius 2 is 1.20 bits per heavy atom. The van der Waals surface area contributed by atoms with Crippen LogP contribution in [0.4, 0.5) is 0 Å². The number of allylic oxidation sites excluding steroid dienone is 2. The van der Waals surface area contributed by atoms with Crippen LogP contribution in [0, 0.1) is 16.9 Å². The van der Waals surface area contributed by atoms with Crippen LogP contribution < -0.4 is 10.6 Å². The van der Waals surface area contributed by atoms with Gasteiger partial charge >= 0.3 is 0 Å². The summed E-state index contributed by atoms with van der Waals surface area (Å²) in [6, 6.07) is 42.4. The molecule has 2 nitrogen and oxygen atoms in total. The summed E-state index contributed by atoms with van der Waals surface area (Å²) in [5.74, 6) is 0.104. The van der Waals surface area contributed by atoms with Crippen molar-refractivity contribution in [2.45, 2.75) is 47.7 Å². The summed E-state index contributed by atoms with van der Waals surface area (Å²) in [6.07, 6.45) is 2.36. The van der Waals surface area contributed by atoms with E-state index in [0.29, 0.717) is 0 Å². The third-order valence-electron chi connectivity index (χ3n) is 6.40. The summed E-state index contributed by atoms with van der Waals surface area (Å²) >= 11 is 0. The van der Waals surface area contributed by atoms with Gasteiger partial charge in [-0.2, -0.15) is 24.3 Å². The molecule has 0 fully saturated rings. The molecule has 0 saturated carbocycles. The van der Waals surface area contributed by atoms with Crippen molar-refractivity contribution in [1.82, 2.24) is 0 Å². The maximum atomic E-state index is 11.5. The minimum absolute atomic E-state index is 0. The third-order valence-corrected chi connectivity index (χ3v) is 9.17. The quantitative estimate of drug-likeness (QED) is 0.0934. The van der Waals surface area contributed by atoms with E-state index in [2.05, 4.69) is 109 Å². The average Bonchev–Trinajstić information content (AvgIpc) is 2.92. The van der Waals surface area contributed by atoms with Gasteiger partial charge in [0.25, 0.3) is 0 Å². The fourth-order valence-corrected chi connectivity index (χ4v) is 6.47. The van der Waals surface area contributed by atoms with Crippen molar-refractivity contribution in [3.63, 3.8) is 0 Å². The first-order valence-corrected chi connectivity index (χ1v) is 15.1. The van der Waals surface area contributed by atoms with E-state index in [1.165, 1.54) is 33.4 Å². The molecule has 0 aromatic heterocycles. The smallest absolute Gasteiger partial charge is 0.164 e. The Kier molecular flexibility index (Phi) is 12.8. The van der Waals surface area contributed by atoms with Gasteiger partial charge in [0.2, 0.25) is 0 Å². The van der Waals surface area contributed by atoms with Crippen molar-refractivity contribution >= 4 is 24.3 Å². The number of benzene rings is 4. The molecule has 0 bridgehead atoms. The first kappa shape index (κ1) is 33.4. The van der Waals surface area contributed by atoms with Gasteiger partial charge in [-0.25, -0.2) is 0 Å². The summed E-state index contributed by atoms with van der Waals surface area (Å²) in [7, 11) is -0.912. The molecular formula is C36H41O2PPt. The molecule has 0 aliphatic rings. The molecule has 40 heavy (non-hydrogen) atoms. The largest absolute Gasteiger partial charge is 0.512 e. The van der Waals surface area contributed by atoms with E-state index in [-0.39, 0.29) is 38.0 Å². The van der Waals surface area contributed by atoms with Crippen molar-refractivity contribution in [2.75, 3.05) is 0 Å². The van der Waals surface area contributed by atoms with Crippen LogP contribution in [-0.4, -0.2) is 10.9 Å². The van der Waals surface area contributed by atoms with E-state index >= 15 is 0 Å². The van der Waals surface area contributed by atoms with Crippen LogP contribution in [0.25, 0.3) is 11.1 Å².